The van der Waals surface area contributed by atoms with E-state index in [0.717, 1.165) is 16.9 Å². The smallest absolute Gasteiger partial charge is 0.179 e. The van der Waals surface area contributed by atoms with Crippen molar-refractivity contribution in [2.45, 2.75) is 12.5 Å². The lowest BCUT2D eigenvalue weighted by Crippen LogP contribution is -2.00. The van der Waals surface area contributed by atoms with E-state index in [9.17, 15) is 5.11 Å². The fourth-order valence-corrected chi connectivity index (χ4v) is 3.03. The normalized spacial score (nSPS) is 15.9. The highest BCUT2D eigenvalue weighted by atomic mass is 35.5. The largest absolute Gasteiger partial charge is 0.489 e. The molecule has 1 unspecified atom stereocenters. The van der Waals surface area contributed by atoms with Crippen LogP contribution in [0.4, 0.5) is 0 Å². The van der Waals surface area contributed by atoms with Gasteiger partial charge in [0.15, 0.2) is 11.5 Å². The number of hydrogen-bond donors (Lipinski definition) is 1. The fraction of sp³-hybridized carbons (Fsp3) is 0.286. The number of ether oxygens (including phenoxy) is 2. The Hall–Kier alpha value is -1.23. The Balaban J connectivity index is 1.99. The lowest BCUT2D eigenvalue weighted by atomic mass is 10.1. The third-order valence-corrected chi connectivity index (χ3v) is 4.16. The molecule has 0 aliphatic carbocycles. The number of halogens is 1. The van der Waals surface area contributed by atoms with Crippen molar-refractivity contribution in [3.8, 4) is 11.5 Å². The molecular formula is C14H13ClO3S. The molecule has 0 spiro atoms. The van der Waals surface area contributed by atoms with E-state index in [-0.39, 0.29) is 0 Å². The van der Waals surface area contributed by atoms with E-state index in [2.05, 4.69) is 0 Å². The molecule has 100 valence electrons. The molecule has 3 nitrogen and oxygen atoms in total. The van der Waals surface area contributed by atoms with Crippen LogP contribution in [0.25, 0.3) is 0 Å². The minimum atomic E-state index is -0.686. The maximum Gasteiger partial charge on any atom is 0.179 e. The highest BCUT2D eigenvalue weighted by Crippen LogP contribution is 2.40. The molecule has 0 saturated carbocycles. The second-order valence-electron chi connectivity index (χ2n) is 4.30. The third kappa shape index (κ3) is 2.56. The SMILES string of the molecule is OC(c1cc(Cl)c2c(c1)OCCCO2)c1cccs1. The van der Waals surface area contributed by atoms with E-state index in [1.807, 2.05) is 17.5 Å². The van der Waals surface area contributed by atoms with Gasteiger partial charge in [0.05, 0.1) is 18.2 Å². The minimum Gasteiger partial charge on any atom is -0.489 e. The van der Waals surface area contributed by atoms with Gasteiger partial charge < -0.3 is 14.6 Å². The van der Waals surface area contributed by atoms with Crippen LogP contribution in [0, 0.1) is 0 Å². The summed E-state index contributed by atoms with van der Waals surface area (Å²) in [6.07, 6.45) is 0.142. The van der Waals surface area contributed by atoms with Crippen molar-refractivity contribution in [3.63, 3.8) is 0 Å². The van der Waals surface area contributed by atoms with E-state index >= 15 is 0 Å². The van der Waals surface area contributed by atoms with E-state index in [1.54, 1.807) is 12.1 Å². The van der Waals surface area contributed by atoms with Crippen molar-refractivity contribution in [1.29, 1.82) is 0 Å². The van der Waals surface area contributed by atoms with Crippen LogP contribution in [0.3, 0.4) is 0 Å². The number of rotatable bonds is 2. The van der Waals surface area contributed by atoms with Crippen LogP contribution >= 0.6 is 22.9 Å². The zero-order chi connectivity index (χ0) is 13.2. The zero-order valence-corrected chi connectivity index (χ0v) is 11.7. The predicted octanol–water partition coefficient (Wildman–Crippen LogP) is 3.64. The topological polar surface area (TPSA) is 38.7 Å². The van der Waals surface area contributed by atoms with Crippen LogP contribution in [-0.4, -0.2) is 18.3 Å². The van der Waals surface area contributed by atoms with Crippen LogP contribution < -0.4 is 9.47 Å². The predicted molar refractivity (Wildman–Crippen MR) is 75.4 cm³/mol. The van der Waals surface area contributed by atoms with Gasteiger partial charge in [0.2, 0.25) is 0 Å². The van der Waals surface area contributed by atoms with Crippen molar-refractivity contribution in [3.05, 3.63) is 45.1 Å². The van der Waals surface area contributed by atoms with Gasteiger partial charge in [-0.3, -0.25) is 0 Å². The molecule has 1 N–H and O–H groups in total. The molecule has 2 aromatic rings. The zero-order valence-electron chi connectivity index (χ0n) is 10.1. The highest BCUT2D eigenvalue weighted by Gasteiger charge is 2.19. The number of aliphatic hydroxyl groups excluding tert-OH is 1. The van der Waals surface area contributed by atoms with Crippen molar-refractivity contribution in [2.75, 3.05) is 13.2 Å². The first kappa shape index (κ1) is 12.8. The second kappa shape index (κ2) is 5.41. The maximum atomic E-state index is 10.3. The first-order valence-corrected chi connectivity index (χ1v) is 7.32. The van der Waals surface area contributed by atoms with Gasteiger partial charge in [0, 0.05) is 11.3 Å². The van der Waals surface area contributed by atoms with Gasteiger partial charge in [0.1, 0.15) is 6.10 Å². The van der Waals surface area contributed by atoms with Gasteiger partial charge in [-0.05, 0) is 29.1 Å². The summed E-state index contributed by atoms with van der Waals surface area (Å²) in [5.41, 5.74) is 0.719. The molecule has 0 amide bonds. The molecule has 0 fully saturated rings. The molecule has 2 heterocycles. The standard InChI is InChI=1S/C14H13ClO3S/c15-10-7-9(13(16)12-3-1-6-19-12)8-11-14(10)18-5-2-4-17-11/h1,3,6-8,13,16H,2,4-5H2. The Morgan fingerprint density at radius 1 is 1.26 bits per heavy atom. The summed E-state index contributed by atoms with van der Waals surface area (Å²) in [5, 5.41) is 12.7. The summed E-state index contributed by atoms with van der Waals surface area (Å²) < 4.78 is 11.2. The number of hydrogen-bond acceptors (Lipinski definition) is 4. The summed E-state index contributed by atoms with van der Waals surface area (Å²) in [6.45, 7) is 1.20. The van der Waals surface area contributed by atoms with Gasteiger partial charge >= 0.3 is 0 Å². The second-order valence-corrected chi connectivity index (χ2v) is 5.68. The summed E-state index contributed by atoms with van der Waals surface area (Å²) in [6, 6.07) is 7.34. The van der Waals surface area contributed by atoms with E-state index in [1.165, 1.54) is 11.3 Å². The first-order chi connectivity index (χ1) is 9.25. The number of benzene rings is 1. The Labute approximate surface area is 120 Å². The van der Waals surface area contributed by atoms with Crippen LogP contribution in [0.5, 0.6) is 11.5 Å². The van der Waals surface area contributed by atoms with Gasteiger partial charge in [-0.1, -0.05) is 17.7 Å². The third-order valence-electron chi connectivity index (χ3n) is 2.95. The molecular weight excluding hydrogens is 284 g/mol. The average Bonchev–Trinajstić information content (AvgIpc) is 2.83. The number of fused-ring (bicyclic) bond motifs is 1. The molecule has 1 aromatic carbocycles. The Kier molecular flexibility index (Phi) is 3.64. The van der Waals surface area contributed by atoms with Crippen molar-refractivity contribution < 1.29 is 14.6 Å². The maximum absolute atomic E-state index is 10.3. The van der Waals surface area contributed by atoms with Gasteiger partial charge in [-0.2, -0.15) is 0 Å². The Morgan fingerprint density at radius 2 is 2.11 bits per heavy atom. The minimum absolute atomic E-state index is 0.477. The monoisotopic (exact) mass is 296 g/mol. The molecule has 0 radical (unpaired) electrons. The molecule has 3 rings (SSSR count). The summed E-state index contributed by atoms with van der Waals surface area (Å²) in [4.78, 5) is 0.880. The highest BCUT2D eigenvalue weighted by molar-refractivity contribution is 7.10. The number of thiophene rings is 1. The van der Waals surface area contributed by atoms with Gasteiger partial charge in [-0.25, -0.2) is 0 Å². The summed E-state index contributed by atoms with van der Waals surface area (Å²) in [7, 11) is 0. The quantitative estimate of drug-likeness (QED) is 0.919. The van der Waals surface area contributed by atoms with Crippen LogP contribution in [0.2, 0.25) is 5.02 Å². The van der Waals surface area contributed by atoms with Crippen LogP contribution in [0.15, 0.2) is 29.6 Å². The lowest BCUT2D eigenvalue weighted by Gasteiger charge is -2.14. The summed E-state index contributed by atoms with van der Waals surface area (Å²) >= 11 is 7.72. The van der Waals surface area contributed by atoms with Gasteiger partial charge in [-0.15, -0.1) is 11.3 Å². The van der Waals surface area contributed by atoms with Crippen molar-refractivity contribution in [1.82, 2.24) is 0 Å². The molecule has 1 aliphatic heterocycles. The van der Waals surface area contributed by atoms with Crippen LogP contribution in [-0.2, 0) is 0 Å². The molecule has 1 aliphatic rings. The van der Waals surface area contributed by atoms with E-state index < -0.39 is 6.10 Å². The van der Waals surface area contributed by atoms with Crippen molar-refractivity contribution >= 4 is 22.9 Å². The Morgan fingerprint density at radius 3 is 2.89 bits per heavy atom. The molecule has 19 heavy (non-hydrogen) atoms. The van der Waals surface area contributed by atoms with E-state index in [0.29, 0.717) is 29.7 Å². The average molecular weight is 297 g/mol. The number of aliphatic hydroxyl groups is 1. The molecule has 5 heteroatoms. The van der Waals surface area contributed by atoms with Gasteiger partial charge in [0.25, 0.3) is 0 Å². The van der Waals surface area contributed by atoms with Crippen molar-refractivity contribution in [2.24, 2.45) is 0 Å². The molecule has 1 aromatic heterocycles. The fourth-order valence-electron chi connectivity index (χ4n) is 2.02. The molecule has 0 saturated heterocycles. The molecule has 0 bridgehead atoms. The lowest BCUT2D eigenvalue weighted by molar-refractivity contribution is 0.223. The van der Waals surface area contributed by atoms with Crippen LogP contribution in [0.1, 0.15) is 23.0 Å². The molecule has 1 atom stereocenters. The first-order valence-electron chi connectivity index (χ1n) is 6.06. The summed E-state index contributed by atoms with van der Waals surface area (Å²) in [5.74, 6) is 1.18. The Bertz CT molecular complexity index is 568. The van der Waals surface area contributed by atoms with E-state index in [4.69, 9.17) is 21.1 Å².